The minimum absolute atomic E-state index is 0.0990. The standard InChI is InChI=1S/C20H31NO3/c1-15(2)16-6-8-17(9-7-16)20(11-4-5-12-20)19(23)21-13-10-18(22)14-24-3/h6-9,15,18,22H,4-5,10-14H2,1-3H3,(H,21,23). The fourth-order valence-corrected chi connectivity index (χ4v) is 3.61. The Morgan fingerprint density at radius 3 is 2.42 bits per heavy atom. The van der Waals surface area contributed by atoms with Crippen LogP contribution in [-0.2, 0) is 14.9 Å². The van der Waals surface area contributed by atoms with Crippen LogP contribution < -0.4 is 5.32 Å². The number of rotatable bonds is 8. The van der Waals surface area contributed by atoms with E-state index in [-0.39, 0.29) is 5.91 Å². The van der Waals surface area contributed by atoms with E-state index in [2.05, 4.69) is 43.4 Å². The summed E-state index contributed by atoms with van der Waals surface area (Å²) in [6.07, 6.45) is 3.97. The summed E-state index contributed by atoms with van der Waals surface area (Å²) < 4.78 is 4.92. The van der Waals surface area contributed by atoms with Crippen LogP contribution in [0.5, 0.6) is 0 Å². The van der Waals surface area contributed by atoms with Crippen molar-refractivity contribution in [1.29, 1.82) is 0 Å². The molecule has 1 aliphatic carbocycles. The van der Waals surface area contributed by atoms with Gasteiger partial charge in [-0.2, -0.15) is 0 Å². The summed E-state index contributed by atoms with van der Waals surface area (Å²) in [5, 5.41) is 12.8. The third-order valence-corrected chi connectivity index (χ3v) is 5.14. The van der Waals surface area contributed by atoms with Gasteiger partial charge in [-0.1, -0.05) is 51.0 Å². The zero-order valence-electron chi connectivity index (χ0n) is 15.2. The third kappa shape index (κ3) is 4.37. The molecule has 1 aromatic carbocycles. The quantitative estimate of drug-likeness (QED) is 0.768. The average molecular weight is 333 g/mol. The fraction of sp³-hybridized carbons (Fsp3) is 0.650. The van der Waals surface area contributed by atoms with Gasteiger partial charge in [-0.15, -0.1) is 0 Å². The van der Waals surface area contributed by atoms with Crippen molar-refractivity contribution < 1.29 is 14.6 Å². The van der Waals surface area contributed by atoms with Gasteiger partial charge in [0.15, 0.2) is 0 Å². The van der Waals surface area contributed by atoms with Gasteiger partial charge < -0.3 is 15.2 Å². The third-order valence-electron chi connectivity index (χ3n) is 5.14. The summed E-state index contributed by atoms with van der Waals surface area (Å²) in [6, 6.07) is 8.55. The first kappa shape index (κ1) is 18.9. The summed E-state index contributed by atoms with van der Waals surface area (Å²) in [6.45, 7) is 5.14. The molecule has 0 heterocycles. The first-order valence-corrected chi connectivity index (χ1v) is 9.05. The first-order valence-electron chi connectivity index (χ1n) is 9.05. The van der Waals surface area contributed by atoms with Crippen molar-refractivity contribution in [2.45, 2.75) is 63.4 Å². The molecule has 1 aliphatic rings. The summed E-state index contributed by atoms with van der Waals surface area (Å²) in [7, 11) is 1.57. The molecule has 1 aromatic rings. The Kier molecular flexibility index (Phi) is 6.81. The molecule has 0 saturated heterocycles. The van der Waals surface area contributed by atoms with Gasteiger partial charge >= 0.3 is 0 Å². The van der Waals surface area contributed by atoms with Crippen molar-refractivity contribution in [1.82, 2.24) is 5.32 Å². The molecule has 2 rings (SSSR count). The van der Waals surface area contributed by atoms with Crippen molar-refractivity contribution in [2.75, 3.05) is 20.3 Å². The van der Waals surface area contributed by atoms with Gasteiger partial charge in [-0.25, -0.2) is 0 Å². The maximum atomic E-state index is 12.9. The molecule has 0 aromatic heterocycles. The summed E-state index contributed by atoms with van der Waals surface area (Å²) in [5.74, 6) is 0.594. The molecule has 0 radical (unpaired) electrons. The van der Waals surface area contributed by atoms with Crippen LogP contribution in [0.1, 0.15) is 63.0 Å². The van der Waals surface area contributed by atoms with Crippen molar-refractivity contribution in [3.8, 4) is 0 Å². The predicted molar refractivity (Wildman–Crippen MR) is 96.2 cm³/mol. The highest BCUT2D eigenvalue weighted by Crippen LogP contribution is 2.41. The molecule has 1 saturated carbocycles. The van der Waals surface area contributed by atoms with Gasteiger partial charge in [-0.05, 0) is 36.3 Å². The van der Waals surface area contributed by atoms with Crippen molar-refractivity contribution in [3.63, 3.8) is 0 Å². The van der Waals surface area contributed by atoms with Crippen LogP contribution in [-0.4, -0.2) is 37.4 Å². The largest absolute Gasteiger partial charge is 0.391 e. The van der Waals surface area contributed by atoms with Crippen LogP contribution in [0.3, 0.4) is 0 Å². The molecular weight excluding hydrogens is 302 g/mol. The van der Waals surface area contributed by atoms with E-state index >= 15 is 0 Å². The lowest BCUT2D eigenvalue weighted by Crippen LogP contribution is -2.43. The zero-order chi connectivity index (χ0) is 17.6. The fourth-order valence-electron chi connectivity index (χ4n) is 3.61. The van der Waals surface area contributed by atoms with E-state index in [0.717, 1.165) is 31.2 Å². The van der Waals surface area contributed by atoms with Crippen LogP contribution in [0.4, 0.5) is 0 Å². The van der Waals surface area contributed by atoms with Gasteiger partial charge in [-0.3, -0.25) is 4.79 Å². The van der Waals surface area contributed by atoms with Crippen molar-refractivity contribution >= 4 is 5.91 Å². The minimum atomic E-state index is -0.528. The van der Waals surface area contributed by atoms with E-state index in [0.29, 0.717) is 25.5 Å². The van der Waals surface area contributed by atoms with Gasteiger partial charge in [0.05, 0.1) is 18.1 Å². The molecule has 24 heavy (non-hydrogen) atoms. The number of hydrogen-bond donors (Lipinski definition) is 2. The van der Waals surface area contributed by atoms with Crippen LogP contribution in [0, 0.1) is 0 Å². The highest BCUT2D eigenvalue weighted by Gasteiger charge is 2.42. The molecule has 1 fully saturated rings. The number of carbonyl (C=O) groups excluding carboxylic acids is 1. The Morgan fingerprint density at radius 2 is 1.88 bits per heavy atom. The second-order valence-corrected chi connectivity index (χ2v) is 7.22. The van der Waals surface area contributed by atoms with E-state index in [9.17, 15) is 9.90 Å². The summed E-state index contributed by atoms with van der Waals surface area (Å²) >= 11 is 0. The maximum Gasteiger partial charge on any atom is 0.230 e. The molecule has 134 valence electrons. The predicted octanol–water partition coefficient (Wildman–Crippen LogP) is 3.14. The monoisotopic (exact) mass is 333 g/mol. The van der Waals surface area contributed by atoms with E-state index in [4.69, 9.17) is 4.74 Å². The highest BCUT2D eigenvalue weighted by molar-refractivity contribution is 5.88. The molecule has 1 unspecified atom stereocenters. The molecule has 4 heteroatoms. The molecule has 2 N–H and O–H groups in total. The zero-order valence-corrected chi connectivity index (χ0v) is 15.2. The Morgan fingerprint density at radius 1 is 1.25 bits per heavy atom. The molecule has 0 aliphatic heterocycles. The Balaban J connectivity index is 2.05. The number of carbonyl (C=O) groups is 1. The van der Waals surface area contributed by atoms with Gasteiger partial charge in [0.2, 0.25) is 5.91 Å². The number of aliphatic hydroxyl groups excluding tert-OH is 1. The van der Waals surface area contributed by atoms with Crippen molar-refractivity contribution in [3.05, 3.63) is 35.4 Å². The highest BCUT2D eigenvalue weighted by atomic mass is 16.5. The Labute approximate surface area is 145 Å². The van der Waals surface area contributed by atoms with E-state index in [1.165, 1.54) is 5.56 Å². The lowest BCUT2D eigenvalue weighted by atomic mass is 9.77. The maximum absolute atomic E-state index is 12.9. The van der Waals surface area contributed by atoms with Gasteiger partial charge in [0, 0.05) is 13.7 Å². The number of nitrogens with one attached hydrogen (secondary N) is 1. The number of ether oxygens (including phenoxy) is 1. The number of aliphatic hydroxyl groups is 1. The number of benzene rings is 1. The van der Waals surface area contributed by atoms with Gasteiger partial charge in [0.1, 0.15) is 0 Å². The lowest BCUT2D eigenvalue weighted by Gasteiger charge is -2.29. The molecule has 1 amide bonds. The Hall–Kier alpha value is -1.39. The van der Waals surface area contributed by atoms with Gasteiger partial charge in [0.25, 0.3) is 0 Å². The van der Waals surface area contributed by atoms with E-state index < -0.39 is 11.5 Å². The van der Waals surface area contributed by atoms with E-state index in [1.807, 2.05) is 0 Å². The lowest BCUT2D eigenvalue weighted by molar-refractivity contribution is -0.126. The second-order valence-electron chi connectivity index (χ2n) is 7.22. The van der Waals surface area contributed by atoms with E-state index in [1.54, 1.807) is 7.11 Å². The van der Waals surface area contributed by atoms with Crippen LogP contribution in [0.25, 0.3) is 0 Å². The van der Waals surface area contributed by atoms with Crippen LogP contribution in [0.2, 0.25) is 0 Å². The molecule has 0 bridgehead atoms. The molecule has 4 nitrogen and oxygen atoms in total. The molecule has 1 atom stereocenters. The number of hydrogen-bond acceptors (Lipinski definition) is 3. The Bertz CT molecular complexity index is 518. The molecule has 0 spiro atoms. The second kappa shape index (κ2) is 8.63. The average Bonchev–Trinajstić information content (AvgIpc) is 3.06. The van der Waals surface area contributed by atoms with Crippen LogP contribution >= 0.6 is 0 Å². The topological polar surface area (TPSA) is 58.6 Å². The number of methoxy groups -OCH3 is 1. The van der Waals surface area contributed by atoms with Crippen LogP contribution in [0.15, 0.2) is 24.3 Å². The summed E-state index contributed by atoms with van der Waals surface area (Å²) in [5.41, 5.74) is 2.02. The van der Waals surface area contributed by atoms with Crippen molar-refractivity contribution in [2.24, 2.45) is 0 Å². The summed E-state index contributed by atoms with van der Waals surface area (Å²) in [4.78, 5) is 12.9. The smallest absolute Gasteiger partial charge is 0.230 e. The first-order chi connectivity index (χ1) is 11.5. The normalized spacial score (nSPS) is 17.9. The number of amides is 1. The molecular formula is C20H31NO3. The SMILES string of the molecule is COCC(O)CCNC(=O)C1(c2ccc(C(C)C)cc2)CCCC1. The minimum Gasteiger partial charge on any atom is -0.391 e.